The van der Waals surface area contributed by atoms with Crippen LogP contribution in [0.15, 0.2) is 54.7 Å². The van der Waals surface area contributed by atoms with E-state index in [1.54, 1.807) is 43.3 Å². The Labute approximate surface area is 180 Å². The summed E-state index contributed by atoms with van der Waals surface area (Å²) in [6.45, 7) is 5.51. The first kappa shape index (κ1) is 20.8. The minimum atomic E-state index is -1.09. The van der Waals surface area contributed by atoms with Gasteiger partial charge in [0, 0.05) is 23.7 Å². The number of rotatable bonds is 5. The van der Waals surface area contributed by atoms with Crippen molar-refractivity contribution in [3.8, 4) is 11.3 Å². The molecule has 1 aliphatic heterocycles. The molecule has 2 aromatic carbocycles. The number of benzene rings is 2. The fraction of sp³-hybridized carbons (Fsp3) is 0.250. The molecule has 3 aromatic rings. The quantitative estimate of drug-likeness (QED) is 0.629. The van der Waals surface area contributed by atoms with Crippen LogP contribution in [-0.2, 0) is 11.3 Å². The van der Waals surface area contributed by atoms with E-state index in [1.807, 2.05) is 35.8 Å². The van der Waals surface area contributed by atoms with Crippen LogP contribution in [0.3, 0.4) is 0 Å². The summed E-state index contributed by atoms with van der Waals surface area (Å²) >= 11 is 0. The molecule has 1 aliphatic rings. The van der Waals surface area contributed by atoms with Crippen molar-refractivity contribution in [1.82, 2.24) is 14.5 Å². The number of carbonyl (C=O) groups excluding carboxylic acids is 1. The van der Waals surface area contributed by atoms with Crippen LogP contribution in [0.1, 0.15) is 31.7 Å². The van der Waals surface area contributed by atoms with Gasteiger partial charge in [0.15, 0.2) is 0 Å². The van der Waals surface area contributed by atoms with Crippen molar-refractivity contribution >= 4 is 23.6 Å². The van der Waals surface area contributed by atoms with E-state index in [4.69, 9.17) is 4.98 Å². The van der Waals surface area contributed by atoms with Gasteiger partial charge in [-0.25, -0.2) is 9.37 Å². The summed E-state index contributed by atoms with van der Waals surface area (Å²) in [5.41, 5.74) is 2.39. The van der Waals surface area contributed by atoms with Crippen molar-refractivity contribution in [3.63, 3.8) is 0 Å². The average molecular weight is 420 g/mol. The molecule has 31 heavy (non-hydrogen) atoms. The minimum absolute atomic E-state index is 0.0113. The molecule has 2 N–H and O–H groups in total. The molecule has 6 nitrogen and oxygen atoms in total. The first-order chi connectivity index (χ1) is 14.7. The molecule has 0 fully saturated rings. The normalized spacial score (nSPS) is 13.3. The highest BCUT2D eigenvalue weighted by atomic mass is 19.1. The molecule has 2 heterocycles. The van der Waals surface area contributed by atoms with Crippen molar-refractivity contribution in [3.05, 3.63) is 71.9 Å². The number of anilines is 2. The number of amides is 1. The van der Waals surface area contributed by atoms with Gasteiger partial charge in [0.05, 0.1) is 18.6 Å². The van der Waals surface area contributed by atoms with E-state index in [2.05, 4.69) is 5.32 Å². The Morgan fingerprint density at radius 3 is 2.45 bits per heavy atom. The average Bonchev–Trinajstić information content (AvgIpc) is 3.06. The number of fused-ring (bicyclic) bond motifs is 1. The monoisotopic (exact) mass is 420 g/mol. The molecule has 0 saturated heterocycles. The van der Waals surface area contributed by atoms with Crippen LogP contribution >= 0.6 is 0 Å². The summed E-state index contributed by atoms with van der Waals surface area (Å²) in [4.78, 5) is 18.9. The van der Waals surface area contributed by atoms with Gasteiger partial charge in [0.2, 0.25) is 5.91 Å². The lowest BCUT2D eigenvalue weighted by molar-refractivity contribution is -0.133. The van der Waals surface area contributed by atoms with Gasteiger partial charge in [0.1, 0.15) is 23.2 Å². The second kappa shape index (κ2) is 8.00. The smallest absolute Gasteiger partial charge is 0.229 e. The molecule has 0 saturated carbocycles. The van der Waals surface area contributed by atoms with Gasteiger partial charge < -0.3 is 15.3 Å². The largest absolute Gasteiger partial charge is 0.390 e. The Morgan fingerprint density at radius 1 is 1.13 bits per heavy atom. The van der Waals surface area contributed by atoms with Gasteiger partial charge in [-0.2, -0.15) is 0 Å². The lowest BCUT2D eigenvalue weighted by Crippen LogP contribution is -2.34. The van der Waals surface area contributed by atoms with Crippen molar-refractivity contribution in [2.24, 2.45) is 0 Å². The minimum Gasteiger partial charge on any atom is -0.390 e. The Hall–Kier alpha value is -3.45. The number of aryl methyl sites for hydroxylation is 1. The standard InChI is InChI=1S/C24H25FN4O2/c1-16-4-10-19(11-5-16)26-23-22(17-6-8-18(25)9-7-17)27-20-15-28(12-13-29(20)23)21(30)14-24(2,3)31/h4-13,26,31H,14-15H2,1-3H3. The van der Waals surface area contributed by atoms with E-state index in [0.717, 1.165) is 22.6 Å². The SMILES string of the molecule is Cc1ccc(Nc2c(-c3ccc(F)cc3)nc3n2C=CN(C(=O)CC(C)(C)O)C3)cc1. The molecule has 1 aromatic heterocycles. The highest BCUT2D eigenvalue weighted by Crippen LogP contribution is 2.34. The maximum absolute atomic E-state index is 13.5. The molecular formula is C24H25FN4O2. The molecule has 0 atom stereocenters. The summed E-state index contributed by atoms with van der Waals surface area (Å²) in [5, 5.41) is 13.4. The molecule has 7 heteroatoms. The van der Waals surface area contributed by atoms with Crippen LogP contribution in [0.25, 0.3) is 17.5 Å². The number of imidazole rings is 1. The second-order valence-corrected chi connectivity index (χ2v) is 8.40. The highest BCUT2D eigenvalue weighted by Gasteiger charge is 2.27. The van der Waals surface area contributed by atoms with Gasteiger partial charge >= 0.3 is 0 Å². The van der Waals surface area contributed by atoms with Crippen LogP contribution in [0, 0.1) is 12.7 Å². The Kier molecular flexibility index (Phi) is 5.37. The van der Waals surface area contributed by atoms with Crippen molar-refractivity contribution in [2.45, 2.75) is 39.3 Å². The number of hydrogen-bond acceptors (Lipinski definition) is 4. The zero-order valence-corrected chi connectivity index (χ0v) is 17.8. The third-order valence-corrected chi connectivity index (χ3v) is 5.03. The van der Waals surface area contributed by atoms with Crippen LogP contribution in [0.4, 0.5) is 15.9 Å². The molecule has 0 unspecified atom stereocenters. The predicted molar refractivity (Wildman–Crippen MR) is 119 cm³/mol. The number of nitrogens with one attached hydrogen (secondary N) is 1. The number of aliphatic hydroxyl groups is 1. The Balaban J connectivity index is 1.71. The van der Waals surface area contributed by atoms with Crippen molar-refractivity contribution < 1.29 is 14.3 Å². The van der Waals surface area contributed by atoms with E-state index >= 15 is 0 Å². The topological polar surface area (TPSA) is 70.4 Å². The number of hydrogen-bond donors (Lipinski definition) is 2. The zero-order chi connectivity index (χ0) is 22.2. The van der Waals surface area contributed by atoms with E-state index in [9.17, 15) is 14.3 Å². The fourth-order valence-electron chi connectivity index (χ4n) is 3.45. The Morgan fingerprint density at radius 2 is 1.81 bits per heavy atom. The van der Waals surface area contributed by atoms with Crippen LogP contribution < -0.4 is 5.32 Å². The van der Waals surface area contributed by atoms with Crippen LogP contribution in [-0.4, -0.2) is 31.1 Å². The lowest BCUT2D eigenvalue weighted by atomic mass is 10.0. The molecule has 1 amide bonds. The third-order valence-electron chi connectivity index (χ3n) is 5.03. The summed E-state index contributed by atoms with van der Waals surface area (Å²) in [7, 11) is 0. The van der Waals surface area contributed by atoms with Gasteiger partial charge in [0.25, 0.3) is 0 Å². The summed E-state index contributed by atoms with van der Waals surface area (Å²) in [6, 6.07) is 14.2. The number of carbonyl (C=O) groups is 1. The fourth-order valence-corrected chi connectivity index (χ4v) is 3.45. The highest BCUT2D eigenvalue weighted by molar-refractivity contribution is 5.81. The maximum atomic E-state index is 13.5. The number of halogens is 1. The Bertz CT molecular complexity index is 1130. The van der Waals surface area contributed by atoms with Gasteiger partial charge in [-0.1, -0.05) is 17.7 Å². The maximum Gasteiger partial charge on any atom is 0.229 e. The third kappa shape index (κ3) is 4.67. The van der Waals surface area contributed by atoms with Crippen LogP contribution in [0.5, 0.6) is 0 Å². The lowest BCUT2D eigenvalue weighted by Gasteiger charge is -2.25. The van der Waals surface area contributed by atoms with E-state index < -0.39 is 5.60 Å². The zero-order valence-electron chi connectivity index (χ0n) is 17.8. The molecule has 0 aliphatic carbocycles. The first-order valence-electron chi connectivity index (χ1n) is 10.1. The summed E-state index contributed by atoms with van der Waals surface area (Å²) in [6.07, 6.45) is 3.48. The van der Waals surface area contributed by atoms with Crippen LogP contribution in [0.2, 0.25) is 0 Å². The van der Waals surface area contributed by atoms with E-state index in [-0.39, 0.29) is 24.7 Å². The van der Waals surface area contributed by atoms with E-state index in [1.165, 1.54) is 12.1 Å². The van der Waals surface area contributed by atoms with Crippen molar-refractivity contribution in [1.29, 1.82) is 0 Å². The van der Waals surface area contributed by atoms with Crippen molar-refractivity contribution in [2.75, 3.05) is 5.32 Å². The number of aromatic nitrogens is 2. The molecule has 0 radical (unpaired) electrons. The number of nitrogens with zero attached hydrogens (tertiary/aromatic N) is 3. The molecular weight excluding hydrogens is 395 g/mol. The van der Waals surface area contributed by atoms with Gasteiger partial charge in [-0.3, -0.25) is 9.36 Å². The predicted octanol–water partition coefficient (Wildman–Crippen LogP) is 4.67. The molecule has 4 rings (SSSR count). The van der Waals surface area contributed by atoms with Gasteiger partial charge in [-0.15, -0.1) is 0 Å². The molecule has 0 bridgehead atoms. The second-order valence-electron chi connectivity index (χ2n) is 8.40. The first-order valence-corrected chi connectivity index (χ1v) is 10.1. The molecule has 0 spiro atoms. The van der Waals surface area contributed by atoms with E-state index in [0.29, 0.717) is 11.5 Å². The summed E-state index contributed by atoms with van der Waals surface area (Å²) < 4.78 is 15.4. The van der Waals surface area contributed by atoms with Gasteiger partial charge in [-0.05, 0) is 57.2 Å². The summed E-state index contributed by atoms with van der Waals surface area (Å²) in [5.74, 6) is 0.898. The molecule has 160 valence electrons.